The third kappa shape index (κ3) is 4.09. The Balaban J connectivity index is 2.07. The smallest absolute Gasteiger partial charge is 0.278 e. The van der Waals surface area contributed by atoms with Gasteiger partial charge in [-0.2, -0.15) is 0 Å². The van der Waals surface area contributed by atoms with Crippen molar-refractivity contribution >= 4 is 23.1 Å². The van der Waals surface area contributed by atoms with Gasteiger partial charge in [0.15, 0.2) is 0 Å². The minimum Gasteiger partial charge on any atom is -0.496 e. The number of nitrogens with zero attached hydrogens (tertiary/aromatic N) is 1. The van der Waals surface area contributed by atoms with Crippen molar-refractivity contribution in [2.24, 2.45) is 0 Å². The number of imide groups is 1. The van der Waals surface area contributed by atoms with Crippen LogP contribution in [0.3, 0.4) is 0 Å². The van der Waals surface area contributed by atoms with Gasteiger partial charge in [-0.25, -0.2) is 0 Å². The maximum Gasteiger partial charge on any atom is 0.278 e. The van der Waals surface area contributed by atoms with Gasteiger partial charge in [0.2, 0.25) is 0 Å². The van der Waals surface area contributed by atoms with E-state index in [4.69, 9.17) is 14.2 Å². The molecule has 1 N–H and O–H groups in total. The van der Waals surface area contributed by atoms with Gasteiger partial charge in [0.25, 0.3) is 11.8 Å². The summed E-state index contributed by atoms with van der Waals surface area (Å²) in [6.07, 6.45) is 0.551. The van der Waals surface area contributed by atoms with E-state index in [1.54, 1.807) is 44.6 Å². The van der Waals surface area contributed by atoms with Crippen molar-refractivity contribution in [1.82, 2.24) is 4.90 Å². The minimum atomic E-state index is -0.391. The molecule has 2 aromatic rings. The van der Waals surface area contributed by atoms with E-state index in [1.165, 1.54) is 12.0 Å². The van der Waals surface area contributed by atoms with Crippen molar-refractivity contribution < 1.29 is 23.8 Å². The third-order valence-corrected chi connectivity index (χ3v) is 4.64. The van der Waals surface area contributed by atoms with Crippen LogP contribution in [0.25, 0.3) is 5.57 Å². The van der Waals surface area contributed by atoms with Crippen LogP contribution in [0.1, 0.15) is 12.0 Å². The first-order valence-electron chi connectivity index (χ1n) is 9.25. The summed E-state index contributed by atoms with van der Waals surface area (Å²) in [6, 6.07) is 14.4. The number of amides is 2. The number of ether oxygens (including phenoxy) is 3. The molecule has 0 spiro atoms. The molecule has 7 nitrogen and oxygen atoms in total. The molecular formula is C22H24N2O5. The van der Waals surface area contributed by atoms with Gasteiger partial charge in [0, 0.05) is 25.8 Å². The van der Waals surface area contributed by atoms with Crippen molar-refractivity contribution in [3.8, 4) is 11.5 Å². The second-order valence-corrected chi connectivity index (χ2v) is 6.38. The number of rotatable bonds is 9. The topological polar surface area (TPSA) is 77.1 Å². The fourth-order valence-corrected chi connectivity index (χ4v) is 3.25. The molecule has 1 aliphatic heterocycles. The van der Waals surface area contributed by atoms with E-state index in [1.807, 2.05) is 18.2 Å². The van der Waals surface area contributed by atoms with E-state index in [-0.39, 0.29) is 23.7 Å². The average molecular weight is 396 g/mol. The molecule has 0 unspecified atom stereocenters. The Kier molecular flexibility index (Phi) is 6.51. The molecule has 0 saturated heterocycles. The van der Waals surface area contributed by atoms with Gasteiger partial charge in [-0.15, -0.1) is 0 Å². The molecule has 0 atom stereocenters. The molecule has 1 aliphatic rings. The molecule has 0 saturated carbocycles. The summed E-state index contributed by atoms with van der Waals surface area (Å²) < 4.78 is 15.9. The number of methoxy groups -OCH3 is 3. The zero-order valence-electron chi connectivity index (χ0n) is 16.7. The molecular weight excluding hydrogens is 372 g/mol. The van der Waals surface area contributed by atoms with Crippen LogP contribution in [0.4, 0.5) is 5.69 Å². The van der Waals surface area contributed by atoms with Crippen LogP contribution in [0.15, 0.2) is 54.2 Å². The number of anilines is 1. The molecule has 0 radical (unpaired) electrons. The van der Waals surface area contributed by atoms with E-state index in [9.17, 15) is 9.59 Å². The highest BCUT2D eigenvalue weighted by molar-refractivity contribution is 6.37. The number of hydrogen-bond acceptors (Lipinski definition) is 6. The second-order valence-electron chi connectivity index (χ2n) is 6.38. The summed E-state index contributed by atoms with van der Waals surface area (Å²) in [5.41, 5.74) is 1.62. The van der Waals surface area contributed by atoms with Crippen molar-refractivity contribution in [3.05, 3.63) is 59.8 Å². The SMILES string of the molecule is COCCCN1C(=O)C(Nc2ccccc2OC)=C(c2ccccc2OC)C1=O. The van der Waals surface area contributed by atoms with E-state index >= 15 is 0 Å². The molecule has 7 heteroatoms. The predicted octanol–water partition coefficient (Wildman–Crippen LogP) is 2.93. The largest absolute Gasteiger partial charge is 0.496 e. The zero-order chi connectivity index (χ0) is 20.8. The summed E-state index contributed by atoms with van der Waals surface area (Å²) in [5.74, 6) is 0.324. The molecule has 0 aromatic heterocycles. The minimum absolute atomic E-state index is 0.196. The predicted molar refractivity (Wildman–Crippen MR) is 110 cm³/mol. The number of hydrogen-bond donors (Lipinski definition) is 1. The van der Waals surface area contributed by atoms with Gasteiger partial charge < -0.3 is 19.5 Å². The highest BCUT2D eigenvalue weighted by Gasteiger charge is 2.40. The molecule has 2 amide bonds. The Bertz CT molecular complexity index is 938. The molecule has 1 heterocycles. The quantitative estimate of drug-likeness (QED) is 0.519. The molecule has 152 valence electrons. The van der Waals surface area contributed by atoms with Crippen LogP contribution in [0.2, 0.25) is 0 Å². The first-order valence-corrected chi connectivity index (χ1v) is 9.25. The van der Waals surface area contributed by atoms with Gasteiger partial charge in [-0.1, -0.05) is 30.3 Å². The van der Waals surface area contributed by atoms with Crippen molar-refractivity contribution in [1.29, 1.82) is 0 Å². The number of carbonyl (C=O) groups is 2. The fourth-order valence-electron chi connectivity index (χ4n) is 3.25. The monoisotopic (exact) mass is 396 g/mol. The lowest BCUT2D eigenvalue weighted by Crippen LogP contribution is -2.34. The summed E-state index contributed by atoms with van der Waals surface area (Å²) in [4.78, 5) is 27.6. The third-order valence-electron chi connectivity index (χ3n) is 4.64. The lowest BCUT2D eigenvalue weighted by molar-refractivity contribution is -0.137. The van der Waals surface area contributed by atoms with Gasteiger partial charge in [-0.3, -0.25) is 14.5 Å². The highest BCUT2D eigenvalue weighted by atomic mass is 16.5. The van der Waals surface area contributed by atoms with Crippen molar-refractivity contribution in [3.63, 3.8) is 0 Å². The van der Waals surface area contributed by atoms with Gasteiger partial charge in [-0.05, 0) is 24.6 Å². The van der Waals surface area contributed by atoms with Crippen molar-refractivity contribution in [2.75, 3.05) is 39.8 Å². The molecule has 3 rings (SSSR count). The van der Waals surface area contributed by atoms with Crippen LogP contribution in [0, 0.1) is 0 Å². The standard InChI is InChI=1S/C22H24N2O5/c1-27-14-8-13-24-21(25)19(15-9-4-6-11-17(15)28-2)20(22(24)26)23-16-10-5-7-12-18(16)29-3/h4-7,9-12,23H,8,13-14H2,1-3H3. The summed E-state index contributed by atoms with van der Waals surface area (Å²) in [7, 11) is 4.67. The van der Waals surface area contributed by atoms with Crippen LogP contribution >= 0.6 is 0 Å². The van der Waals surface area contributed by atoms with Crippen LogP contribution < -0.4 is 14.8 Å². The van der Waals surface area contributed by atoms with Crippen molar-refractivity contribution in [2.45, 2.75) is 6.42 Å². The molecule has 0 bridgehead atoms. The van der Waals surface area contributed by atoms with E-state index in [2.05, 4.69) is 5.32 Å². The van der Waals surface area contributed by atoms with E-state index in [0.717, 1.165) is 0 Å². The Labute approximate surface area is 169 Å². The maximum absolute atomic E-state index is 13.2. The Hall–Kier alpha value is -3.32. The maximum atomic E-state index is 13.2. The number of nitrogens with one attached hydrogen (secondary N) is 1. The van der Waals surface area contributed by atoms with E-state index < -0.39 is 5.91 Å². The second kappa shape index (κ2) is 9.25. The number of para-hydroxylation sites is 3. The zero-order valence-corrected chi connectivity index (χ0v) is 16.7. The fraction of sp³-hybridized carbons (Fsp3) is 0.273. The van der Waals surface area contributed by atoms with Gasteiger partial charge in [0.05, 0.1) is 25.5 Å². The van der Waals surface area contributed by atoms with E-state index in [0.29, 0.717) is 35.8 Å². The Morgan fingerprint density at radius 2 is 1.52 bits per heavy atom. The normalized spacial score (nSPS) is 13.8. The van der Waals surface area contributed by atoms with Crippen LogP contribution in [-0.4, -0.2) is 51.2 Å². The average Bonchev–Trinajstić information content (AvgIpc) is 2.98. The van der Waals surface area contributed by atoms with Gasteiger partial charge in [0.1, 0.15) is 17.2 Å². The summed E-state index contributed by atoms with van der Waals surface area (Å²) in [6.45, 7) is 0.720. The molecule has 0 fully saturated rings. The Morgan fingerprint density at radius 1 is 0.862 bits per heavy atom. The summed E-state index contributed by atoms with van der Waals surface area (Å²) in [5, 5.41) is 3.12. The summed E-state index contributed by atoms with van der Waals surface area (Å²) >= 11 is 0. The Morgan fingerprint density at radius 3 is 2.21 bits per heavy atom. The molecule has 0 aliphatic carbocycles. The first kappa shape index (κ1) is 20.4. The number of carbonyl (C=O) groups excluding carboxylic acids is 2. The first-order chi connectivity index (χ1) is 14.1. The van der Waals surface area contributed by atoms with Crippen LogP contribution in [0.5, 0.6) is 11.5 Å². The highest BCUT2D eigenvalue weighted by Crippen LogP contribution is 2.36. The number of benzene rings is 2. The van der Waals surface area contributed by atoms with Crippen LogP contribution in [-0.2, 0) is 14.3 Å². The molecule has 2 aromatic carbocycles. The lowest BCUT2D eigenvalue weighted by atomic mass is 10.0. The molecule has 29 heavy (non-hydrogen) atoms. The lowest BCUT2D eigenvalue weighted by Gasteiger charge is -2.15. The van der Waals surface area contributed by atoms with Gasteiger partial charge >= 0.3 is 0 Å².